The highest BCUT2D eigenvalue weighted by atomic mass is 35.5. The van der Waals surface area contributed by atoms with Crippen molar-refractivity contribution < 1.29 is 23.7 Å². The highest BCUT2D eigenvalue weighted by Crippen LogP contribution is 2.39. The SMILES string of the molecule is COc1ccc(C2(CNC(=O)c3cc(Cl)c4c(c3)OCCO4)CCOCC2)cc1. The van der Waals surface area contributed by atoms with Gasteiger partial charge in [-0.05, 0) is 42.7 Å². The Morgan fingerprint density at radius 1 is 1.10 bits per heavy atom. The zero-order chi connectivity index (χ0) is 20.3. The van der Waals surface area contributed by atoms with E-state index in [9.17, 15) is 4.79 Å². The summed E-state index contributed by atoms with van der Waals surface area (Å²) in [4.78, 5) is 12.9. The second-order valence-electron chi connectivity index (χ2n) is 7.29. The van der Waals surface area contributed by atoms with Crippen molar-refractivity contribution >= 4 is 17.5 Å². The van der Waals surface area contributed by atoms with E-state index in [1.54, 1.807) is 19.2 Å². The number of nitrogens with one attached hydrogen (secondary N) is 1. The van der Waals surface area contributed by atoms with Crippen LogP contribution in [0.25, 0.3) is 0 Å². The fourth-order valence-corrected chi connectivity index (χ4v) is 4.13. The van der Waals surface area contributed by atoms with E-state index in [2.05, 4.69) is 17.4 Å². The zero-order valence-corrected chi connectivity index (χ0v) is 17.1. The Morgan fingerprint density at radius 2 is 1.83 bits per heavy atom. The highest BCUT2D eigenvalue weighted by Gasteiger charge is 2.35. The topological polar surface area (TPSA) is 66.0 Å². The molecule has 1 fully saturated rings. The molecule has 0 atom stereocenters. The van der Waals surface area contributed by atoms with Crippen molar-refractivity contribution in [3.63, 3.8) is 0 Å². The molecule has 1 saturated heterocycles. The fraction of sp³-hybridized carbons (Fsp3) is 0.409. The summed E-state index contributed by atoms with van der Waals surface area (Å²) in [5.41, 5.74) is 1.44. The molecule has 2 aromatic rings. The van der Waals surface area contributed by atoms with E-state index in [0.717, 1.165) is 18.6 Å². The number of fused-ring (bicyclic) bond motifs is 1. The highest BCUT2D eigenvalue weighted by molar-refractivity contribution is 6.32. The van der Waals surface area contributed by atoms with Crippen molar-refractivity contribution in [1.29, 1.82) is 0 Å². The van der Waals surface area contributed by atoms with Gasteiger partial charge in [0.25, 0.3) is 5.91 Å². The number of rotatable bonds is 5. The number of halogens is 1. The third-order valence-corrected chi connectivity index (χ3v) is 5.88. The predicted molar refractivity (Wildman–Crippen MR) is 110 cm³/mol. The summed E-state index contributed by atoms with van der Waals surface area (Å²) < 4.78 is 22.0. The molecule has 6 nitrogen and oxygen atoms in total. The van der Waals surface area contributed by atoms with E-state index in [-0.39, 0.29) is 11.3 Å². The molecule has 154 valence electrons. The molecule has 2 heterocycles. The van der Waals surface area contributed by atoms with E-state index in [0.29, 0.717) is 55.1 Å². The molecule has 0 spiro atoms. The minimum Gasteiger partial charge on any atom is -0.497 e. The molecule has 29 heavy (non-hydrogen) atoms. The maximum absolute atomic E-state index is 12.9. The second-order valence-corrected chi connectivity index (χ2v) is 7.69. The van der Waals surface area contributed by atoms with Gasteiger partial charge in [0.2, 0.25) is 0 Å². The van der Waals surface area contributed by atoms with Crippen molar-refractivity contribution in [3.8, 4) is 17.2 Å². The molecular formula is C22H24ClNO5. The van der Waals surface area contributed by atoms with Crippen LogP contribution in [0.2, 0.25) is 5.02 Å². The van der Waals surface area contributed by atoms with Crippen LogP contribution >= 0.6 is 11.6 Å². The Kier molecular flexibility index (Phi) is 5.83. The van der Waals surface area contributed by atoms with Crippen molar-refractivity contribution in [1.82, 2.24) is 5.32 Å². The minimum absolute atomic E-state index is 0.183. The molecule has 0 bridgehead atoms. The van der Waals surface area contributed by atoms with E-state index >= 15 is 0 Å². The molecule has 0 saturated carbocycles. The van der Waals surface area contributed by atoms with Crippen LogP contribution in [0.4, 0.5) is 0 Å². The molecule has 0 radical (unpaired) electrons. The van der Waals surface area contributed by atoms with Gasteiger partial charge in [-0.15, -0.1) is 0 Å². The summed E-state index contributed by atoms with van der Waals surface area (Å²) in [5, 5.41) is 3.47. The molecule has 2 aliphatic rings. The van der Waals surface area contributed by atoms with Crippen LogP contribution in [0.1, 0.15) is 28.8 Å². The number of carbonyl (C=O) groups is 1. The number of methoxy groups -OCH3 is 1. The van der Waals surface area contributed by atoms with E-state index in [4.69, 9.17) is 30.5 Å². The number of amides is 1. The first-order valence-corrected chi connectivity index (χ1v) is 10.1. The molecule has 4 rings (SSSR count). The number of ether oxygens (including phenoxy) is 4. The monoisotopic (exact) mass is 417 g/mol. The van der Waals surface area contributed by atoms with Gasteiger partial charge < -0.3 is 24.3 Å². The molecule has 2 aromatic carbocycles. The van der Waals surface area contributed by atoms with Gasteiger partial charge in [-0.1, -0.05) is 23.7 Å². The van der Waals surface area contributed by atoms with Crippen molar-refractivity contribution in [2.24, 2.45) is 0 Å². The third-order valence-electron chi connectivity index (χ3n) is 5.60. The van der Waals surface area contributed by atoms with Crippen molar-refractivity contribution in [2.75, 3.05) is 40.1 Å². The predicted octanol–water partition coefficient (Wildman–Crippen LogP) is 3.60. The second kappa shape index (κ2) is 8.51. The Labute approximate surface area is 175 Å². The first kappa shape index (κ1) is 19.9. The average Bonchev–Trinajstić information content (AvgIpc) is 2.78. The van der Waals surface area contributed by atoms with Crippen molar-refractivity contribution in [2.45, 2.75) is 18.3 Å². The largest absolute Gasteiger partial charge is 0.497 e. The normalized spacial score (nSPS) is 17.4. The van der Waals surface area contributed by atoms with Crippen LogP contribution < -0.4 is 19.5 Å². The molecule has 7 heteroatoms. The van der Waals surface area contributed by atoms with Gasteiger partial charge in [-0.2, -0.15) is 0 Å². The molecule has 0 aromatic heterocycles. The van der Waals surface area contributed by atoms with Crippen LogP contribution in [0.5, 0.6) is 17.2 Å². The van der Waals surface area contributed by atoms with Gasteiger partial charge in [0, 0.05) is 30.7 Å². The standard InChI is InChI=1S/C22H24ClNO5/c1-26-17-4-2-16(3-5-17)22(6-8-27-9-7-22)14-24-21(25)15-12-18(23)20-19(13-15)28-10-11-29-20/h2-5,12-13H,6-11,14H2,1H3,(H,24,25). The maximum Gasteiger partial charge on any atom is 0.251 e. The lowest BCUT2D eigenvalue weighted by Gasteiger charge is -2.38. The lowest BCUT2D eigenvalue weighted by Crippen LogP contribution is -2.44. The Hall–Kier alpha value is -2.44. The summed E-state index contributed by atoms with van der Waals surface area (Å²) >= 11 is 6.28. The molecule has 0 unspecified atom stereocenters. The smallest absolute Gasteiger partial charge is 0.251 e. The Bertz CT molecular complexity index is 878. The number of benzene rings is 2. The summed E-state index contributed by atoms with van der Waals surface area (Å²) in [7, 11) is 1.65. The molecular weight excluding hydrogens is 394 g/mol. The molecule has 2 aliphatic heterocycles. The summed E-state index contributed by atoms with van der Waals surface area (Å²) in [6.07, 6.45) is 1.67. The molecule has 0 aliphatic carbocycles. The number of hydrogen-bond acceptors (Lipinski definition) is 5. The maximum atomic E-state index is 12.9. The minimum atomic E-state index is -0.191. The first-order chi connectivity index (χ1) is 14.1. The van der Waals surface area contributed by atoms with Crippen LogP contribution in [-0.2, 0) is 10.2 Å². The summed E-state index contributed by atoms with van der Waals surface area (Å²) in [6.45, 7) is 2.72. The van der Waals surface area contributed by atoms with Crippen LogP contribution in [-0.4, -0.2) is 46.0 Å². The van der Waals surface area contributed by atoms with Crippen LogP contribution in [0.15, 0.2) is 36.4 Å². The Balaban J connectivity index is 1.53. The lowest BCUT2D eigenvalue weighted by molar-refractivity contribution is 0.0487. The van der Waals surface area contributed by atoms with Crippen LogP contribution in [0, 0.1) is 0 Å². The van der Waals surface area contributed by atoms with E-state index < -0.39 is 0 Å². The third kappa shape index (κ3) is 4.14. The van der Waals surface area contributed by atoms with Crippen molar-refractivity contribution in [3.05, 3.63) is 52.5 Å². The lowest BCUT2D eigenvalue weighted by atomic mass is 9.74. The average molecular weight is 418 g/mol. The van der Waals surface area contributed by atoms with Gasteiger partial charge in [0.1, 0.15) is 19.0 Å². The quantitative estimate of drug-likeness (QED) is 0.805. The van der Waals surface area contributed by atoms with Gasteiger partial charge in [-0.25, -0.2) is 0 Å². The van der Waals surface area contributed by atoms with Gasteiger partial charge in [0.05, 0.1) is 12.1 Å². The number of hydrogen-bond donors (Lipinski definition) is 1. The molecule has 1 amide bonds. The van der Waals surface area contributed by atoms with E-state index in [1.165, 1.54) is 5.56 Å². The van der Waals surface area contributed by atoms with Gasteiger partial charge >= 0.3 is 0 Å². The zero-order valence-electron chi connectivity index (χ0n) is 16.3. The Morgan fingerprint density at radius 3 is 2.55 bits per heavy atom. The van der Waals surface area contributed by atoms with Gasteiger partial charge in [-0.3, -0.25) is 4.79 Å². The fourth-order valence-electron chi connectivity index (χ4n) is 3.87. The van der Waals surface area contributed by atoms with Crippen LogP contribution in [0.3, 0.4) is 0 Å². The molecule has 1 N–H and O–H groups in total. The first-order valence-electron chi connectivity index (χ1n) is 9.71. The summed E-state index contributed by atoms with van der Waals surface area (Å²) in [5.74, 6) is 1.62. The summed E-state index contributed by atoms with van der Waals surface area (Å²) in [6, 6.07) is 11.3. The number of carbonyl (C=O) groups excluding carboxylic acids is 1. The van der Waals surface area contributed by atoms with Gasteiger partial charge in [0.15, 0.2) is 11.5 Å². The van der Waals surface area contributed by atoms with E-state index in [1.807, 2.05) is 12.1 Å².